The van der Waals surface area contributed by atoms with Crippen LogP contribution in [0.3, 0.4) is 0 Å². The van der Waals surface area contributed by atoms with Crippen LogP contribution in [0.1, 0.15) is 25.3 Å². The van der Waals surface area contributed by atoms with E-state index >= 15 is 0 Å². The molecule has 8 heteroatoms. The van der Waals surface area contributed by atoms with Gasteiger partial charge in [-0.1, -0.05) is 17.7 Å². The average Bonchev–Trinajstić information content (AvgIpc) is 2.48. The van der Waals surface area contributed by atoms with Gasteiger partial charge < -0.3 is 10.0 Å². The van der Waals surface area contributed by atoms with Gasteiger partial charge in [0.1, 0.15) is 0 Å². The second-order valence-corrected chi connectivity index (χ2v) is 6.03. The number of carboxylic acids is 1. The van der Waals surface area contributed by atoms with Crippen molar-refractivity contribution in [2.75, 3.05) is 6.54 Å². The quantitative estimate of drug-likeness (QED) is 0.670. The first-order valence-corrected chi connectivity index (χ1v) is 7.64. The van der Waals surface area contributed by atoms with E-state index in [0.717, 1.165) is 0 Å². The number of piperidine rings is 1. The fourth-order valence-corrected chi connectivity index (χ4v) is 3.12. The molecule has 1 aromatic carbocycles. The third kappa shape index (κ3) is 3.79. The molecule has 0 spiro atoms. The Kier molecular flexibility index (Phi) is 5.20. The van der Waals surface area contributed by atoms with E-state index < -0.39 is 16.8 Å². The molecule has 0 saturated carbocycles. The van der Waals surface area contributed by atoms with Gasteiger partial charge in [-0.15, -0.1) is 0 Å². The number of non-ortho nitro benzene ring substituents is 1. The monoisotopic (exact) mass is 340 g/mol. The molecule has 2 rings (SSSR count). The van der Waals surface area contributed by atoms with Crippen LogP contribution in [0.15, 0.2) is 18.2 Å². The van der Waals surface area contributed by atoms with Crippen LogP contribution < -0.4 is 0 Å². The summed E-state index contributed by atoms with van der Waals surface area (Å²) in [6, 6.07) is 3.59. The number of carbonyl (C=O) groups is 2. The minimum atomic E-state index is -0.900. The van der Waals surface area contributed by atoms with E-state index in [1.807, 2.05) is 0 Å². The van der Waals surface area contributed by atoms with Crippen molar-refractivity contribution < 1.29 is 19.6 Å². The predicted molar refractivity (Wildman–Crippen MR) is 83.3 cm³/mol. The van der Waals surface area contributed by atoms with Gasteiger partial charge in [-0.25, -0.2) is 0 Å². The van der Waals surface area contributed by atoms with E-state index in [0.29, 0.717) is 24.9 Å². The molecular weight excluding hydrogens is 324 g/mol. The van der Waals surface area contributed by atoms with E-state index in [2.05, 4.69) is 0 Å². The molecule has 0 bridgehead atoms. The number of likely N-dealkylation sites (tertiary alicyclic amines) is 1. The lowest BCUT2D eigenvalue weighted by molar-refractivity contribution is -0.384. The zero-order chi connectivity index (χ0) is 17.1. The summed E-state index contributed by atoms with van der Waals surface area (Å²) in [4.78, 5) is 35.4. The lowest BCUT2D eigenvalue weighted by Gasteiger charge is -2.37. The first kappa shape index (κ1) is 17.2. The Morgan fingerprint density at radius 1 is 1.48 bits per heavy atom. The summed E-state index contributed by atoms with van der Waals surface area (Å²) in [5.41, 5.74) is 0.357. The summed E-state index contributed by atoms with van der Waals surface area (Å²) in [5, 5.41) is 20.1. The third-order valence-electron chi connectivity index (χ3n) is 4.21. The number of nitrogens with zero attached hydrogens (tertiary/aromatic N) is 2. The Morgan fingerprint density at radius 2 is 2.17 bits per heavy atom. The number of aliphatic carboxylic acids is 1. The van der Waals surface area contributed by atoms with Gasteiger partial charge in [-0.3, -0.25) is 19.7 Å². The van der Waals surface area contributed by atoms with Crippen LogP contribution in [-0.2, 0) is 16.0 Å². The molecule has 0 aliphatic carbocycles. The van der Waals surface area contributed by atoms with Gasteiger partial charge in [0.15, 0.2) is 0 Å². The second-order valence-electron chi connectivity index (χ2n) is 5.62. The molecule has 23 heavy (non-hydrogen) atoms. The highest BCUT2D eigenvalue weighted by Gasteiger charge is 2.35. The minimum Gasteiger partial charge on any atom is -0.481 e. The molecule has 1 aliphatic heterocycles. The van der Waals surface area contributed by atoms with Crippen LogP contribution in [0.2, 0.25) is 5.02 Å². The normalized spacial score (nSPS) is 21.0. The smallest absolute Gasteiger partial charge is 0.308 e. The number of nitro groups is 1. The van der Waals surface area contributed by atoms with Gasteiger partial charge in [0.2, 0.25) is 5.91 Å². The Bertz CT molecular complexity index is 649. The molecule has 1 amide bonds. The molecule has 1 aliphatic rings. The van der Waals surface area contributed by atoms with E-state index in [9.17, 15) is 24.8 Å². The van der Waals surface area contributed by atoms with Crippen molar-refractivity contribution in [3.63, 3.8) is 0 Å². The van der Waals surface area contributed by atoms with E-state index in [-0.39, 0.29) is 29.1 Å². The Morgan fingerprint density at radius 3 is 2.74 bits per heavy atom. The molecule has 1 aromatic rings. The number of amides is 1. The van der Waals surface area contributed by atoms with Crippen LogP contribution >= 0.6 is 11.6 Å². The molecule has 0 radical (unpaired) electrons. The number of hydrogen-bond donors (Lipinski definition) is 1. The molecular formula is C15H17ClN2O5. The van der Waals surface area contributed by atoms with Gasteiger partial charge in [0, 0.05) is 24.7 Å². The average molecular weight is 341 g/mol. The van der Waals surface area contributed by atoms with Crippen LogP contribution in [0, 0.1) is 16.0 Å². The summed E-state index contributed by atoms with van der Waals surface area (Å²) in [6.07, 6.45) is 1.19. The van der Waals surface area contributed by atoms with Crippen molar-refractivity contribution in [2.45, 2.75) is 32.2 Å². The van der Waals surface area contributed by atoms with Gasteiger partial charge in [0.25, 0.3) is 5.69 Å². The van der Waals surface area contributed by atoms with E-state index in [4.69, 9.17) is 11.6 Å². The molecule has 0 unspecified atom stereocenters. The summed E-state index contributed by atoms with van der Waals surface area (Å²) in [7, 11) is 0. The molecule has 7 nitrogen and oxygen atoms in total. The van der Waals surface area contributed by atoms with Gasteiger partial charge in [-0.2, -0.15) is 0 Å². The standard InChI is InChI=1S/C15H17ClN2O5/c1-9-12(15(20)21)3-2-6-17(9)14(19)7-10-4-5-11(18(22)23)8-13(10)16/h4-5,8-9,12H,2-3,6-7H2,1H3,(H,20,21)/t9-,12-/m1/s1. The van der Waals surface area contributed by atoms with E-state index in [1.54, 1.807) is 11.8 Å². The maximum atomic E-state index is 12.5. The number of rotatable bonds is 4. The second kappa shape index (κ2) is 6.95. The Balaban J connectivity index is 2.12. The number of hydrogen-bond acceptors (Lipinski definition) is 4. The topological polar surface area (TPSA) is 101 Å². The zero-order valence-corrected chi connectivity index (χ0v) is 13.3. The van der Waals surface area contributed by atoms with Crippen LogP contribution in [0.25, 0.3) is 0 Å². The van der Waals surface area contributed by atoms with Crippen molar-refractivity contribution in [2.24, 2.45) is 5.92 Å². The zero-order valence-electron chi connectivity index (χ0n) is 12.6. The molecule has 2 atom stereocenters. The fourth-order valence-electron chi connectivity index (χ4n) is 2.88. The number of halogens is 1. The Hall–Kier alpha value is -2.15. The van der Waals surface area contributed by atoms with Crippen LogP contribution in [-0.4, -0.2) is 39.4 Å². The first-order valence-electron chi connectivity index (χ1n) is 7.26. The Labute approximate surface area is 138 Å². The van der Waals surface area contributed by atoms with Crippen LogP contribution in [0.4, 0.5) is 5.69 Å². The molecule has 0 aromatic heterocycles. The largest absolute Gasteiger partial charge is 0.481 e. The lowest BCUT2D eigenvalue weighted by atomic mass is 9.90. The van der Waals surface area contributed by atoms with Crippen molar-refractivity contribution in [1.29, 1.82) is 0 Å². The first-order chi connectivity index (χ1) is 10.8. The fraction of sp³-hybridized carbons (Fsp3) is 0.467. The summed E-state index contributed by atoms with van der Waals surface area (Å²) < 4.78 is 0. The van der Waals surface area contributed by atoms with Crippen molar-refractivity contribution in [3.05, 3.63) is 38.9 Å². The lowest BCUT2D eigenvalue weighted by Crippen LogP contribution is -2.49. The third-order valence-corrected chi connectivity index (χ3v) is 4.57. The van der Waals surface area contributed by atoms with Gasteiger partial charge in [-0.05, 0) is 25.3 Å². The summed E-state index contributed by atoms with van der Waals surface area (Å²) in [6.45, 7) is 2.24. The molecule has 1 fully saturated rings. The van der Waals surface area contributed by atoms with Crippen molar-refractivity contribution in [1.82, 2.24) is 4.90 Å². The summed E-state index contributed by atoms with van der Waals surface area (Å²) in [5.74, 6) is -1.69. The van der Waals surface area contributed by atoms with E-state index in [1.165, 1.54) is 18.2 Å². The highest BCUT2D eigenvalue weighted by Crippen LogP contribution is 2.27. The van der Waals surface area contributed by atoms with Crippen molar-refractivity contribution in [3.8, 4) is 0 Å². The number of nitro benzene ring substituents is 1. The number of carbonyl (C=O) groups excluding carboxylic acids is 1. The highest BCUT2D eigenvalue weighted by atomic mass is 35.5. The maximum absolute atomic E-state index is 12.5. The predicted octanol–water partition coefficient (Wildman–Crippen LogP) is 2.50. The number of carboxylic acid groups (broad SMARTS) is 1. The molecule has 1 heterocycles. The molecule has 1 N–H and O–H groups in total. The molecule has 124 valence electrons. The highest BCUT2D eigenvalue weighted by molar-refractivity contribution is 6.31. The van der Waals surface area contributed by atoms with Gasteiger partial charge in [0.05, 0.1) is 22.3 Å². The van der Waals surface area contributed by atoms with Crippen molar-refractivity contribution >= 4 is 29.2 Å². The maximum Gasteiger partial charge on any atom is 0.308 e. The number of benzene rings is 1. The minimum absolute atomic E-state index is 0.00644. The summed E-state index contributed by atoms with van der Waals surface area (Å²) >= 11 is 6.00. The SMILES string of the molecule is C[C@@H]1[C@H](C(=O)O)CCCN1C(=O)Cc1ccc([N+](=O)[O-])cc1Cl. The molecule has 1 saturated heterocycles. The van der Waals surface area contributed by atoms with Crippen LogP contribution in [0.5, 0.6) is 0 Å². The van der Waals surface area contributed by atoms with Gasteiger partial charge >= 0.3 is 5.97 Å².